The van der Waals surface area contributed by atoms with Crippen molar-refractivity contribution in [3.05, 3.63) is 46.8 Å². The average molecular weight is 318 g/mol. The first-order valence-corrected chi connectivity index (χ1v) is 7.42. The van der Waals surface area contributed by atoms with E-state index in [1.54, 1.807) is 0 Å². The van der Waals surface area contributed by atoms with Gasteiger partial charge in [-0.15, -0.1) is 0 Å². The van der Waals surface area contributed by atoms with Crippen LogP contribution >= 0.6 is 15.9 Å². The minimum atomic E-state index is 0.494. The maximum Gasteiger partial charge on any atom is 0.132 e. The SMILES string of the molecule is Brc1cccc(-c2ccnc(C3CCNCC3)n2)c1. The Kier molecular flexibility index (Phi) is 3.89. The second-order valence-electron chi connectivity index (χ2n) is 4.83. The molecular weight excluding hydrogens is 302 g/mol. The van der Waals surface area contributed by atoms with Crippen LogP contribution in [-0.2, 0) is 0 Å². The standard InChI is InChI=1S/C15H16BrN3/c16-13-3-1-2-12(10-13)14-6-9-18-15(19-14)11-4-7-17-8-5-11/h1-3,6,9-11,17H,4-5,7-8H2. The average Bonchev–Trinajstić information content (AvgIpc) is 2.48. The molecule has 1 aliphatic heterocycles. The van der Waals surface area contributed by atoms with Gasteiger partial charge in [0, 0.05) is 22.2 Å². The summed E-state index contributed by atoms with van der Waals surface area (Å²) in [5, 5.41) is 3.38. The maximum absolute atomic E-state index is 4.75. The number of hydrogen-bond acceptors (Lipinski definition) is 3. The summed E-state index contributed by atoms with van der Waals surface area (Å²) in [6, 6.07) is 10.2. The van der Waals surface area contributed by atoms with Crippen LogP contribution in [0.15, 0.2) is 41.0 Å². The molecule has 0 aliphatic carbocycles. The zero-order valence-electron chi connectivity index (χ0n) is 10.6. The molecule has 0 atom stereocenters. The molecule has 0 spiro atoms. The van der Waals surface area contributed by atoms with Crippen molar-refractivity contribution in [2.45, 2.75) is 18.8 Å². The lowest BCUT2D eigenvalue weighted by Crippen LogP contribution is -2.27. The highest BCUT2D eigenvalue weighted by Gasteiger charge is 2.18. The van der Waals surface area contributed by atoms with Crippen LogP contribution in [0.1, 0.15) is 24.6 Å². The molecule has 3 nitrogen and oxygen atoms in total. The number of nitrogens with zero attached hydrogens (tertiary/aromatic N) is 2. The van der Waals surface area contributed by atoms with Crippen LogP contribution in [0.4, 0.5) is 0 Å². The van der Waals surface area contributed by atoms with Gasteiger partial charge in [0.25, 0.3) is 0 Å². The van der Waals surface area contributed by atoms with E-state index in [0.29, 0.717) is 5.92 Å². The summed E-state index contributed by atoms with van der Waals surface area (Å²) in [5.74, 6) is 1.48. The summed E-state index contributed by atoms with van der Waals surface area (Å²) in [6.45, 7) is 2.13. The van der Waals surface area contributed by atoms with E-state index >= 15 is 0 Å². The highest BCUT2D eigenvalue weighted by Crippen LogP contribution is 2.25. The van der Waals surface area contributed by atoms with Crippen LogP contribution in [0.3, 0.4) is 0 Å². The fraction of sp³-hybridized carbons (Fsp3) is 0.333. The van der Waals surface area contributed by atoms with Crippen molar-refractivity contribution in [2.24, 2.45) is 0 Å². The van der Waals surface area contributed by atoms with Gasteiger partial charge in [-0.05, 0) is 44.1 Å². The fourth-order valence-electron chi connectivity index (χ4n) is 2.46. The number of nitrogens with one attached hydrogen (secondary N) is 1. The molecule has 1 N–H and O–H groups in total. The van der Waals surface area contributed by atoms with Crippen LogP contribution in [0.5, 0.6) is 0 Å². The number of aromatic nitrogens is 2. The van der Waals surface area contributed by atoms with Gasteiger partial charge in [-0.3, -0.25) is 0 Å². The van der Waals surface area contributed by atoms with Crippen LogP contribution in [0.25, 0.3) is 11.3 Å². The van der Waals surface area contributed by atoms with E-state index < -0.39 is 0 Å². The highest BCUT2D eigenvalue weighted by atomic mass is 79.9. The third kappa shape index (κ3) is 3.01. The molecule has 0 bridgehead atoms. The summed E-state index contributed by atoms with van der Waals surface area (Å²) in [7, 11) is 0. The Morgan fingerprint density at radius 1 is 1.16 bits per heavy atom. The number of piperidine rings is 1. The molecule has 2 heterocycles. The van der Waals surface area contributed by atoms with Gasteiger partial charge in [0.1, 0.15) is 5.82 Å². The van der Waals surface area contributed by atoms with Gasteiger partial charge >= 0.3 is 0 Å². The summed E-state index contributed by atoms with van der Waals surface area (Å²) >= 11 is 3.50. The second-order valence-corrected chi connectivity index (χ2v) is 5.75. The summed E-state index contributed by atoms with van der Waals surface area (Å²) in [6.07, 6.45) is 4.13. The molecule has 3 rings (SSSR count). The Bertz CT molecular complexity index is 565. The van der Waals surface area contributed by atoms with Gasteiger partial charge < -0.3 is 5.32 Å². The van der Waals surface area contributed by atoms with Crippen molar-refractivity contribution in [3.8, 4) is 11.3 Å². The molecule has 1 aliphatic rings. The molecule has 0 unspecified atom stereocenters. The van der Waals surface area contributed by atoms with Crippen molar-refractivity contribution in [2.75, 3.05) is 13.1 Å². The molecule has 0 saturated carbocycles. The predicted octanol–water partition coefficient (Wildman–Crippen LogP) is 3.37. The Morgan fingerprint density at radius 3 is 2.79 bits per heavy atom. The largest absolute Gasteiger partial charge is 0.317 e. The van der Waals surface area contributed by atoms with Crippen molar-refractivity contribution < 1.29 is 0 Å². The van der Waals surface area contributed by atoms with Crippen LogP contribution in [0, 0.1) is 0 Å². The van der Waals surface area contributed by atoms with E-state index in [4.69, 9.17) is 4.98 Å². The molecule has 1 aromatic carbocycles. The fourth-order valence-corrected chi connectivity index (χ4v) is 2.86. The van der Waals surface area contributed by atoms with Gasteiger partial charge in [-0.1, -0.05) is 28.1 Å². The van der Waals surface area contributed by atoms with Crippen molar-refractivity contribution in [1.82, 2.24) is 15.3 Å². The zero-order valence-corrected chi connectivity index (χ0v) is 12.2. The number of benzene rings is 1. The molecule has 0 amide bonds. The Labute approximate surface area is 121 Å². The Morgan fingerprint density at radius 2 is 2.00 bits per heavy atom. The molecule has 2 aromatic rings. The Balaban J connectivity index is 1.91. The molecule has 1 saturated heterocycles. The quantitative estimate of drug-likeness (QED) is 0.922. The lowest BCUT2D eigenvalue weighted by atomic mass is 9.97. The van der Waals surface area contributed by atoms with Gasteiger partial charge in [0.2, 0.25) is 0 Å². The normalized spacial score (nSPS) is 16.5. The van der Waals surface area contributed by atoms with E-state index in [1.807, 2.05) is 24.4 Å². The third-order valence-electron chi connectivity index (χ3n) is 3.50. The first-order valence-electron chi connectivity index (χ1n) is 6.62. The van der Waals surface area contributed by atoms with E-state index in [9.17, 15) is 0 Å². The molecule has 0 radical (unpaired) electrons. The summed E-state index contributed by atoms with van der Waals surface area (Å²) in [4.78, 5) is 9.21. The minimum Gasteiger partial charge on any atom is -0.317 e. The van der Waals surface area contributed by atoms with Crippen molar-refractivity contribution in [3.63, 3.8) is 0 Å². The molecule has 1 fully saturated rings. The monoisotopic (exact) mass is 317 g/mol. The second kappa shape index (κ2) is 5.80. The minimum absolute atomic E-state index is 0.494. The maximum atomic E-state index is 4.75. The highest BCUT2D eigenvalue weighted by molar-refractivity contribution is 9.10. The number of hydrogen-bond donors (Lipinski definition) is 1. The first-order chi connectivity index (χ1) is 9.33. The van der Waals surface area contributed by atoms with Gasteiger partial charge in [-0.25, -0.2) is 9.97 Å². The van der Waals surface area contributed by atoms with Crippen LogP contribution < -0.4 is 5.32 Å². The smallest absolute Gasteiger partial charge is 0.132 e. The summed E-state index contributed by atoms with van der Waals surface area (Å²) < 4.78 is 1.08. The number of rotatable bonds is 2. The van der Waals surface area contributed by atoms with Gasteiger partial charge in [0.05, 0.1) is 5.69 Å². The van der Waals surface area contributed by atoms with Crippen molar-refractivity contribution >= 4 is 15.9 Å². The van der Waals surface area contributed by atoms with Crippen LogP contribution in [0.2, 0.25) is 0 Å². The Hall–Kier alpha value is -1.26. The molecule has 1 aromatic heterocycles. The lowest BCUT2D eigenvalue weighted by Gasteiger charge is -2.21. The van der Waals surface area contributed by atoms with Crippen molar-refractivity contribution in [1.29, 1.82) is 0 Å². The van der Waals surface area contributed by atoms with E-state index in [2.05, 4.69) is 38.4 Å². The topological polar surface area (TPSA) is 37.8 Å². The van der Waals surface area contributed by atoms with E-state index in [-0.39, 0.29) is 0 Å². The summed E-state index contributed by atoms with van der Waals surface area (Å²) in [5.41, 5.74) is 2.14. The lowest BCUT2D eigenvalue weighted by molar-refractivity contribution is 0.445. The number of halogens is 1. The molecule has 4 heteroatoms. The zero-order chi connectivity index (χ0) is 13.1. The van der Waals surface area contributed by atoms with Gasteiger partial charge in [0.15, 0.2) is 0 Å². The molecular formula is C15H16BrN3. The predicted molar refractivity (Wildman–Crippen MR) is 80.0 cm³/mol. The molecule has 98 valence electrons. The molecule has 19 heavy (non-hydrogen) atoms. The van der Waals surface area contributed by atoms with Gasteiger partial charge in [-0.2, -0.15) is 0 Å². The third-order valence-corrected chi connectivity index (χ3v) is 3.99. The first kappa shape index (κ1) is 12.8. The van der Waals surface area contributed by atoms with E-state index in [0.717, 1.165) is 47.5 Å². The van der Waals surface area contributed by atoms with Crippen LogP contribution in [-0.4, -0.2) is 23.1 Å². The van der Waals surface area contributed by atoms with E-state index in [1.165, 1.54) is 0 Å².